The van der Waals surface area contributed by atoms with Gasteiger partial charge in [0, 0.05) is 26.4 Å². The first-order valence-corrected chi connectivity index (χ1v) is 5.93. The van der Waals surface area contributed by atoms with Crippen LogP contribution in [0.25, 0.3) is 0 Å². The van der Waals surface area contributed by atoms with E-state index in [9.17, 15) is 9.59 Å². The van der Waals surface area contributed by atoms with Crippen LogP contribution in [0, 0.1) is 0 Å². The van der Waals surface area contributed by atoms with E-state index in [4.69, 9.17) is 4.74 Å². The number of carbonyl (C=O) groups excluding carboxylic acids is 2. The molecule has 1 heterocycles. The fourth-order valence-corrected chi connectivity index (χ4v) is 1.87. The summed E-state index contributed by atoms with van der Waals surface area (Å²) in [5.41, 5.74) is 1.06. The predicted molar refractivity (Wildman–Crippen MR) is 66.3 cm³/mol. The summed E-state index contributed by atoms with van der Waals surface area (Å²) in [5, 5.41) is 5.35. The second kappa shape index (κ2) is 5.53. The quantitative estimate of drug-likeness (QED) is 0.750. The molecule has 5 nitrogen and oxygen atoms in total. The van der Waals surface area contributed by atoms with Gasteiger partial charge in [-0.25, -0.2) is 0 Å². The van der Waals surface area contributed by atoms with Crippen LogP contribution in [0.2, 0.25) is 0 Å². The lowest BCUT2D eigenvalue weighted by atomic mass is 10.1. The van der Waals surface area contributed by atoms with Gasteiger partial charge in [-0.2, -0.15) is 0 Å². The Labute approximate surface area is 106 Å². The summed E-state index contributed by atoms with van der Waals surface area (Å²) in [6.07, 6.45) is 0.141. The Hall–Kier alpha value is -2.04. The van der Waals surface area contributed by atoms with Crippen molar-refractivity contribution in [3.05, 3.63) is 29.8 Å². The number of rotatable bonds is 4. The second-order valence-corrected chi connectivity index (χ2v) is 4.19. The van der Waals surface area contributed by atoms with Crippen LogP contribution >= 0.6 is 0 Å². The van der Waals surface area contributed by atoms with Gasteiger partial charge < -0.3 is 15.4 Å². The number of benzene rings is 1. The largest absolute Gasteiger partial charge is 0.480 e. The van der Waals surface area contributed by atoms with Crippen molar-refractivity contribution in [2.24, 2.45) is 0 Å². The van der Waals surface area contributed by atoms with Gasteiger partial charge in [-0.15, -0.1) is 0 Å². The maximum absolute atomic E-state index is 11.8. The summed E-state index contributed by atoms with van der Waals surface area (Å²) >= 11 is 0. The fourth-order valence-electron chi connectivity index (χ4n) is 1.87. The second-order valence-electron chi connectivity index (χ2n) is 4.19. The minimum atomic E-state index is -0.459. The van der Waals surface area contributed by atoms with Crippen molar-refractivity contribution in [1.82, 2.24) is 10.6 Å². The van der Waals surface area contributed by atoms with Crippen molar-refractivity contribution >= 4 is 11.8 Å². The van der Waals surface area contributed by atoms with Crippen LogP contribution in [-0.2, 0) is 16.0 Å². The van der Waals surface area contributed by atoms with Gasteiger partial charge in [-0.05, 0) is 11.6 Å². The molecule has 0 saturated heterocycles. The average molecular weight is 248 g/mol. The van der Waals surface area contributed by atoms with Crippen molar-refractivity contribution < 1.29 is 14.3 Å². The summed E-state index contributed by atoms with van der Waals surface area (Å²) in [6.45, 7) is 2.29. The van der Waals surface area contributed by atoms with Gasteiger partial charge in [-0.1, -0.05) is 18.2 Å². The molecule has 0 saturated carbocycles. The lowest BCUT2D eigenvalue weighted by molar-refractivity contribution is -0.127. The van der Waals surface area contributed by atoms with Crippen LogP contribution in [0.5, 0.6) is 5.75 Å². The van der Waals surface area contributed by atoms with Gasteiger partial charge in [-0.3, -0.25) is 9.59 Å². The van der Waals surface area contributed by atoms with E-state index in [0.29, 0.717) is 19.5 Å². The number of carbonyl (C=O) groups is 2. The Morgan fingerprint density at radius 2 is 2.00 bits per heavy atom. The molecular weight excluding hydrogens is 232 g/mol. The number of nitrogens with one attached hydrogen (secondary N) is 2. The molecule has 1 unspecified atom stereocenters. The van der Waals surface area contributed by atoms with E-state index in [1.807, 2.05) is 24.3 Å². The molecule has 0 bridgehead atoms. The van der Waals surface area contributed by atoms with Gasteiger partial charge in [0.05, 0.1) is 0 Å². The van der Waals surface area contributed by atoms with Crippen LogP contribution in [0.1, 0.15) is 12.5 Å². The number of hydrogen-bond donors (Lipinski definition) is 2. The van der Waals surface area contributed by atoms with Crippen LogP contribution < -0.4 is 15.4 Å². The third-order valence-corrected chi connectivity index (χ3v) is 2.74. The zero-order chi connectivity index (χ0) is 13.0. The first-order chi connectivity index (χ1) is 8.66. The van der Waals surface area contributed by atoms with Gasteiger partial charge in [0.15, 0.2) is 6.10 Å². The molecule has 2 rings (SSSR count). The molecule has 1 aliphatic rings. The Bertz CT molecular complexity index is 434. The lowest BCUT2D eigenvalue weighted by Gasteiger charge is -2.11. The van der Waals surface area contributed by atoms with Crippen LogP contribution in [0.15, 0.2) is 24.3 Å². The van der Waals surface area contributed by atoms with Gasteiger partial charge >= 0.3 is 0 Å². The summed E-state index contributed by atoms with van der Waals surface area (Å²) in [6, 6.07) is 7.63. The van der Waals surface area contributed by atoms with Crippen molar-refractivity contribution in [2.45, 2.75) is 19.4 Å². The van der Waals surface area contributed by atoms with E-state index < -0.39 is 6.10 Å². The minimum absolute atomic E-state index is 0.103. The third kappa shape index (κ3) is 3.00. The molecule has 0 spiro atoms. The first kappa shape index (κ1) is 12.4. The van der Waals surface area contributed by atoms with E-state index in [1.165, 1.54) is 6.92 Å². The van der Waals surface area contributed by atoms with Crippen molar-refractivity contribution in [1.29, 1.82) is 0 Å². The topological polar surface area (TPSA) is 67.4 Å². The highest BCUT2D eigenvalue weighted by molar-refractivity contribution is 5.82. The highest BCUT2D eigenvalue weighted by Crippen LogP contribution is 2.27. The smallest absolute Gasteiger partial charge is 0.261 e. The van der Waals surface area contributed by atoms with Crippen molar-refractivity contribution in [3.63, 3.8) is 0 Å². The highest BCUT2D eigenvalue weighted by atomic mass is 16.5. The summed E-state index contributed by atoms with van der Waals surface area (Å²) in [5.74, 6) is 0.532. The number of amides is 2. The standard InChI is InChI=1S/C13H16N2O3/c1-9(16)14-6-7-15-13(17)12-8-10-4-2-3-5-11(10)18-12/h2-5,12H,6-8H2,1H3,(H,14,16)(H,15,17). The van der Waals surface area contributed by atoms with Crippen molar-refractivity contribution in [2.75, 3.05) is 13.1 Å². The van der Waals surface area contributed by atoms with Crippen LogP contribution in [0.3, 0.4) is 0 Å². The molecule has 1 aromatic carbocycles. The third-order valence-electron chi connectivity index (χ3n) is 2.74. The van der Waals surface area contributed by atoms with Crippen LogP contribution in [0.4, 0.5) is 0 Å². The zero-order valence-corrected chi connectivity index (χ0v) is 10.2. The molecular formula is C13H16N2O3. The molecule has 0 aliphatic carbocycles. The first-order valence-electron chi connectivity index (χ1n) is 5.93. The molecule has 2 amide bonds. The molecule has 18 heavy (non-hydrogen) atoms. The molecule has 1 atom stereocenters. The molecule has 96 valence electrons. The molecule has 0 fully saturated rings. The van der Waals surface area contributed by atoms with E-state index in [0.717, 1.165) is 11.3 Å². The van der Waals surface area contributed by atoms with Crippen LogP contribution in [-0.4, -0.2) is 31.0 Å². The Morgan fingerprint density at radius 1 is 1.28 bits per heavy atom. The minimum Gasteiger partial charge on any atom is -0.480 e. The monoisotopic (exact) mass is 248 g/mol. The zero-order valence-electron chi connectivity index (χ0n) is 10.2. The SMILES string of the molecule is CC(=O)NCCNC(=O)C1Cc2ccccc2O1. The van der Waals surface area contributed by atoms with Gasteiger partial charge in [0.2, 0.25) is 5.91 Å². The number of fused-ring (bicyclic) bond motifs is 1. The van der Waals surface area contributed by atoms with Gasteiger partial charge in [0.1, 0.15) is 5.75 Å². The van der Waals surface area contributed by atoms with Gasteiger partial charge in [0.25, 0.3) is 5.91 Å². The Balaban J connectivity index is 1.77. The molecule has 5 heteroatoms. The lowest BCUT2D eigenvalue weighted by Crippen LogP contribution is -2.41. The number of hydrogen-bond acceptors (Lipinski definition) is 3. The molecule has 1 aromatic rings. The van der Waals surface area contributed by atoms with E-state index >= 15 is 0 Å². The van der Waals surface area contributed by atoms with E-state index in [-0.39, 0.29) is 11.8 Å². The summed E-state index contributed by atoms with van der Waals surface area (Å²) < 4.78 is 5.55. The summed E-state index contributed by atoms with van der Waals surface area (Å²) in [7, 11) is 0. The van der Waals surface area contributed by atoms with E-state index in [1.54, 1.807) is 0 Å². The molecule has 2 N–H and O–H groups in total. The molecule has 0 radical (unpaired) electrons. The maximum atomic E-state index is 11.8. The fraction of sp³-hybridized carbons (Fsp3) is 0.385. The Morgan fingerprint density at radius 3 is 2.72 bits per heavy atom. The molecule has 1 aliphatic heterocycles. The normalized spacial score (nSPS) is 16.6. The maximum Gasteiger partial charge on any atom is 0.261 e. The predicted octanol–water partition coefficient (Wildman–Crippen LogP) is 0.242. The summed E-state index contributed by atoms with van der Waals surface area (Å²) in [4.78, 5) is 22.5. The number of para-hydroxylation sites is 1. The van der Waals surface area contributed by atoms with Crippen molar-refractivity contribution in [3.8, 4) is 5.75 Å². The average Bonchev–Trinajstić information content (AvgIpc) is 2.78. The molecule has 0 aromatic heterocycles. The highest BCUT2D eigenvalue weighted by Gasteiger charge is 2.28. The number of ether oxygens (including phenoxy) is 1. The Kier molecular flexibility index (Phi) is 3.82. The van der Waals surface area contributed by atoms with E-state index in [2.05, 4.69) is 10.6 Å².